The zero-order valence-corrected chi connectivity index (χ0v) is 24.9. The molecule has 4 N–H and O–H groups in total. The molecule has 216 valence electrons. The number of rotatable bonds is 6. The molecule has 4 rings (SSSR count). The Bertz CT molecular complexity index is 1510. The van der Waals surface area contributed by atoms with Crippen LogP contribution in [0, 0.1) is 0 Å². The summed E-state index contributed by atoms with van der Waals surface area (Å²) >= 11 is 28.4. The SMILES string of the molecule is COC(=O)c1[nH]ncc1CC(=O)c1c(Cl)cccc1Cl.COC(=O)c1[nH]ncc1N.O=C(Cl)c1c(Cl)cccc1Cl. The second-order valence-corrected chi connectivity index (χ2v) is 9.49. The van der Waals surface area contributed by atoms with Gasteiger partial charge in [-0.15, -0.1) is 0 Å². The minimum absolute atomic E-state index is 0.0512. The van der Waals surface area contributed by atoms with Crippen LogP contribution in [0.1, 0.15) is 47.3 Å². The summed E-state index contributed by atoms with van der Waals surface area (Å²) in [5, 5.41) is 12.6. The molecule has 0 aliphatic rings. The highest BCUT2D eigenvalue weighted by atomic mass is 35.5. The van der Waals surface area contributed by atoms with Crippen molar-refractivity contribution in [2.45, 2.75) is 6.42 Å². The second-order valence-electron chi connectivity index (χ2n) is 7.52. The first-order chi connectivity index (χ1) is 19.4. The lowest BCUT2D eigenvalue weighted by Gasteiger charge is -2.05. The van der Waals surface area contributed by atoms with Gasteiger partial charge in [-0.1, -0.05) is 58.5 Å². The Morgan fingerprint density at radius 3 is 1.61 bits per heavy atom. The number of hydrogen-bond acceptors (Lipinski definition) is 9. The number of benzene rings is 2. The zero-order chi connectivity index (χ0) is 30.7. The topological polar surface area (TPSA) is 170 Å². The van der Waals surface area contributed by atoms with Gasteiger partial charge in [0, 0.05) is 12.0 Å². The van der Waals surface area contributed by atoms with Gasteiger partial charge in [-0.2, -0.15) is 10.2 Å². The number of Topliss-reactive ketones (excluding diaryl/α,β-unsaturated/α-hetero) is 1. The molecule has 0 saturated carbocycles. The summed E-state index contributed by atoms with van der Waals surface area (Å²) in [6.07, 6.45) is 2.70. The summed E-state index contributed by atoms with van der Waals surface area (Å²) in [6, 6.07) is 9.58. The standard InChI is InChI=1S/C13H10Cl2N2O3.C7H3Cl3O.C5H7N3O2/c1-20-13(19)12-7(6-16-17-12)5-10(18)11-8(14)3-2-4-9(11)15;8-4-2-1-3-5(9)6(4)7(10)11;1-10-5(9)4-3(6)2-7-8-4/h2-4,6H,5H2,1H3,(H,16,17);1-3H;2H,6H2,1H3,(H,7,8). The van der Waals surface area contributed by atoms with Crippen LogP contribution in [0.2, 0.25) is 20.1 Å². The van der Waals surface area contributed by atoms with Gasteiger partial charge in [-0.25, -0.2) is 9.59 Å². The van der Waals surface area contributed by atoms with Crippen LogP contribution in [0.5, 0.6) is 0 Å². The van der Waals surface area contributed by atoms with Crippen molar-refractivity contribution in [1.82, 2.24) is 20.4 Å². The number of ether oxygens (including phenoxy) is 2. The molecule has 0 spiro atoms. The number of carbonyl (C=O) groups excluding carboxylic acids is 4. The number of methoxy groups -OCH3 is 2. The number of H-pyrrole nitrogens is 2. The molecule has 0 aliphatic carbocycles. The number of carbonyl (C=O) groups is 4. The number of halogens is 5. The fourth-order valence-electron chi connectivity index (χ4n) is 3.00. The molecular formula is C25H20Cl5N5O6. The van der Waals surface area contributed by atoms with E-state index in [-0.39, 0.29) is 54.8 Å². The molecule has 0 saturated heterocycles. The Morgan fingerprint density at radius 2 is 1.20 bits per heavy atom. The normalized spacial score (nSPS) is 9.93. The molecule has 0 aliphatic heterocycles. The summed E-state index contributed by atoms with van der Waals surface area (Å²) in [7, 11) is 2.53. The maximum atomic E-state index is 12.3. The van der Waals surface area contributed by atoms with Crippen molar-refractivity contribution in [3.63, 3.8) is 0 Å². The quantitative estimate of drug-likeness (QED) is 0.126. The molecule has 4 aromatic rings. The number of esters is 2. The summed E-state index contributed by atoms with van der Waals surface area (Å²) < 4.78 is 8.98. The number of nitrogens with one attached hydrogen (secondary N) is 2. The molecule has 2 aromatic heterocycles. The minimum Gasteiger partial charge on any atom is -0.464 e. The van der Waals surface area contributed by atoms with Crippen LogP contribution in [-0.4, -0.2) is 57.6 Å². The molecule has 0 atom stereocenters. The third-order valence-corrected chi connectivity index (χ3v) is 6.37. The molecule has 0 radical (unpaired) electrons. The average Bonchev–Trinajstić information content (AvgIpc) is 3.57. The van der Waals surface area contributed by atoms with Gasteiger partial charge in [0.15, 0.2) is 11.5 Å². The number of nitrogen functional groups attached to an aromatic ring is 1. The number of aromatic nitrogens is 4. The Hall–Kier alpha value is -3.61. The molecule has 0 unspecified atom stereocenters. The van der Waals surface area contributed by atoms with Gasteiger partial charge in [0.2, 0.25) is 0 Å². The summed E-state index contributed by atoms with van der Waals surface area (Å²) in [6.45, 7) is 0. The zero-order valence-electron chi connectivity index (χ0n) is 21.1. The predicted molar refractivity (Wildman–Crippen MR) is 155 cm³/mol. The lowest BCUT2D eigenvalue weighted by atomic mass is 10.0. The van der Waals surface area contributed by atoms with Gasteiger partial charge in [0.05, 0.1) is 63.5 Å². The second kappa shape index (κ2) is 16.0. The first kappa shape index (κ1) is 33.6. The average molecular weight is 664 g/mol. The monoisotopic (exact) mass is 661 g/mol. The van der Waals surface area contributed by atoms with Crippen LogP contribution in [-0.2, 0) is 15.9 Å². The number of anilines is 1. The number of aromatic amines is 2. The van der Waals surface area contributed by atoms with Gasteiger partial charge < -0.3 is 15.2 Å². The van der Waals surface area contributed by atoms with Crippen LogP contribution < -0.4 is 5.73 Å². The van der Waals surface area contributed by atoms with E-state index in [2.05, 4.69) is 29.9 Å². The van der Waals surface area contributed by atoms with Gasteiger partial charge in [-0.05, 0) is 35.9 Å². The molecule has 0 fully saturated rings. The smallest absolute Gasteiger partial charge is 0.358 e. The van der Waals surface area contributed by atoms with E-state index in [0.29, 0.717) is 11.3 Å². The molecule has 2 heterocycles. The highest BCUT2D eigenvalue weighted by Gasteiger charge is 2.20. The van der Waals surface area contributed by atoms with Crippen molar-refractivity contribution in [3.05, 3.63) is 97.0 Å². The lowest BCUT2D eigenvalue weighted by molar-refractivity contribution is 0.0585. The molecule has 41 heavy (non-hydrogen) atoms. The number of ketones is 1. The summed E-state index contributed by atoms with van der Waals surface area (Å²) in [5.74, 6) is -1.39. The number of nitrogens with two attached hydrogens (primary N) is 1. The van der Waals surface area contributed by atoms with E-state index in [1.54, 1.807) is 36.4 Å². The third kappa shape index (κ3) is 9.20. The fourth-order valence-corrected chi connectivity index (χ4v) is 4.47. The maximum Gasteiger partial charge on any atom is 0.358 e. The Labute approximate surface area is 258 Å². The van der Waals surface area contributed by atoms with Gasteiger partial charge >= 0.3 is 11.9 Å². The predicted octanol–water partition coefficient (Wildman–Crippen LogP) is 6.08. The van der Waals surface area contributed by atoms with E-state index in [9.17, 15) is 19.2 Å². The molecule has 0 bridgehead atoms. The highest BCUT2D eigenvalue weighted by Crippen LogP contribution is 2.27. The van der Waals surface area contributed by atoms with Crippen molar-refractivity contribution in [3.8, 4) is 0 Å². The highest BCUT2D eigenvalue weighted by molar-refractivity contribution is 6.69. The lowest BCUT2D eigenvalue weighted by Crippen LogP contribution is -2.10. The summed E-state index contributed by atoms with van der Waals surface area (Å²) in [5.41, 5.74) is 6.78. The van der Waals surface area contributed by atoms with Crippen LogP contribution in [0.4, 0.5) is 5.69 Å². The van der Waals surface area contributed by atoms with Crippen molar-refractivity contribution in [2.75, 3.05) is 20.0 Å². The first-order valence-corrected chi connectivity index (χ1v) is 12.9. The van der Waals surface area contributed by atoms with Gasteiger partial charge in [0.1, 0.15) is 5.69 Å². The van der Waals surface area contributed by atoms with E-state index >= 15 is 0 Å². The van der Waals surface area contributed by atoms with Crippen molar-refractivity contribution in [2.24, 2.45) is 0 Å². The van der Waals surface area contributed by atoms with Crippen LogP contribution in [0.3, 0.4) is 0 Å². The van der Waals surface area contributed by atoms with E-state index in [0.717, 1.165) is 0 Å². The number of hydrogen-bond donors (Lipinski definition) is 3. The van der Waals surface area contributed by atoms with Gasteiger partial charge in [-0.3, -0.25) is 19.8 Å². The molecule has 11 nitrogen and oxygen atoms in total. The first-order valence-electron chi connectivity index (χ1n) is 11.0. The summed E-state index contributed by atoms with van der Waals surface area (Å²) in [4.78, 5) is 45.2. The van der Waals surface area contributed by atoms with Gasteiger partial charge in [0.25, 0.3) is 5.24 Å². The third-order valence-electron chi connectivity index (χ3n) is 4.92. The van der Waals surface area contributed by atoms with E-state index in [4.69, 9.17) is 63.7 Å². The molecule has 0 amide bonds. The Morgan fingerprint density at radius 1 is 0.756 bits per heavy atom. The van der Waals surface area contributed by atoms with E-state index < -0.39 is 17.2 Å². The van der Waals surface area contributed by atoms with Crippen LogP contribution >= 0.6 is 58.0 Å². The van der Waals surface area contributed by atoms with Crippen molar-refractivity contribution >= 4 is 86.7 Å². The van der Waals surface area contributed by atoms with Crippen molar-refractivity contribution in [1.29, 1.82) is 0 Å². The maximum absolute atomic E-state index is 12.3. The minimum atomic E-state index is -0.638. The largest absolute Gasteiger partial charge is 0.464 e. The van der Waals surface area contributed by atoms with Crippen LogP contribution in [0.25, 0.3) is 0 Å². The van der Waals surface area contributed by atoms with E-state index in [1.807, 2.05) is 0 Å². The Kier molecular flexibility index (Phi) is 13.1. The van der Waals surface area contributed by atoms with Crippen LogP contribution in [0.15, 0.2) is 48.8 Å². The molecule has 2 aromatic carbocycles. The van der Waals surface area contributed by atoms with E-state index in [1.165, 1.54) is 26.6 Å². The molecule has 16 heteroatoms. The fraction of sp³-hybridized carbons (Fsp3) is 0.120. The number of nitrogens with zero attached hydrogens (tertiary/aromatic N) is 2. The van der Waals surface area contributed by atoms with Crippen molar-refractivity contribution < 1.29 is 28.7 Å². The molecular weight excluding hydrogens is 644 g/mol. The Balaban J connectivity index is 0.000000236.